The first-order valence-corrected chi connectivity index (χ1v) is 6.30. The molecule has 0 fully saturated rings. The van der Waals surface area contributed by atoms with Crippen LogP contribution in [0.1, 0.15) is 16.7 Å². The highest BCUT2D eigenvalue weighted by atomic mass is 79.9. The minimum absolute atomic E-state index is 0.574. The third kappa shape index (κ3) is 2.52. The molecule has 2 rings (SSSR count). The molecule has 90 valence electrons. The van der Waals surface area contributed by atoms with Crippen molar-refractivity contribution >= 4 is 27.4 Å². The van der Waals surface area contributed by atoms with Crippen LogP contribution in [-0.4, -0.2) is 4.98 Å². The number of halogens is 1. The van der Waals surface area contributed by atoms with Crippen LogP contribution in [0.25, 0.3) is 0 Å². The Morgan fingerprint density at radius 3 is 2.72 bits per heavy atom. The molecule has 3 nitrogen and oxygen atoms in total. The maximum Gasteiger partial charge on any atom is 0.148 e. The zero-order chi connectivity index (χ0) is 13.1. The van der Waals surface area contributed by atoms with Crippen LogP contribution in [0.2, 0.25) is 0 Å². The minimum atomic E-state index is 0.574. The van der Waals surface area contributed by atoms with E-state index in [0.29, 0.717) is 11.4 Å². The van der Waals surface area contributed by atoms with E-state index in [-0.39, 0.29) is 0 Å². The maximum atomic E-state index is 9.15. The van der Waals surface area contributed by atoms with E-state index in [4.69, 9.17) is 5.26 Å². The molecule has 1 N–H and O–H groups in total. The van der Waals surface area contributed by atoms with E-state index < -0.39 is 0 Å². The number of aromatic nitrogens is 1. The normalized spacial score (nSPS) is 9.89. The monoisotopic (exact) mass is 301 g/mol. The van der Waals surface area contributed by atoms with Gasteiger partial charge >= 0.3 is 0 Å². The van der Waals surface area contributed by atoms with Gasteiger partial charge in [-0.1, -0.05) is 6.07 Å². The van der Waals surface area contributed by atoms with E-state index in [2.05, 4.69) is 32.3 Å². The zero-order valence-corrected chi connectivity index (χ0v) is 11.7. The lowest BCUT2D eigenvalue weighted by atomic mass is 10.1. The number of rotatable bonds is 2. The molecule has 18 heavy (non-hydrogen) atoms. The first-order valence-electron chi connectivity index (χ1n) is 5.50. The van der Waals surface area contributed by atoms with Crippen molar-refractivity contribution in [3.05, 3.63) is 51.6 Å². The fourth-order valence-electron chi connectivity index (χ4n) is 1.64. The highest BCUT2D eigenvalue weighted by Gasteiger charge is 2.08. The molecule has 0 amide bonds. The van der Waals surface area contributed by atoms with Gasteiger partial charge < -0.3 is 5.32 Å². The van der Waals surface area contributed by atoms with Gasteiger partial charge in [-0.25, -0.2) is 4.98 Å². The summed E-state index contributed by atoms with van der Waals surface area (Å²) in [6, 6.07) is 9.99. The molecular weight excluding hydrogens is 290 g/mol. The third-order valence-corrected chi connectivity index (χ3v) is 3.30. The molecule has 0 atom stereocenters. The number of hydrogen-bond donors (Lipinski definition) is 1. The van der Waals surface area contributed by atoms with Crippen molar-refractivity contribution in [3.63, 3.8) is 0 Å². The van der Waals surface area contributed by atoms with Crippen LogP contribution >= 0.6 is 15.9 Å². The smallest absolute Gasteiger partial charge is 0.148 e. The van der Waals surface area contributed by atoms with Gasteiger partial charge in [0, 0.05) is 10.7 Å². The number of aryl methyl sites for hydroxylation is 2. The van der Waals surface area contributed by atoms with Crippen LogP contribution < -0.4 is 5.32 Å². The second-order valence-corrected chi connectivity index (χ2v) is 4.93. The van der Waals surface area contributed by atoms with Gasteiger partial charge in [0.15, 0.2) is 0 Å². The molecule has 1 aromatic carbocycles. The molecule has 0 aliphatic rings. The summed E-state index contributed by atoms with van der Waals surface area (Å²) in [7, 11) is 0. The number of nitrogens with one attached hydrogen (secondary N) is 1. The Morgan fingerprint density at radius 1 is 1.28 bits per heavy atom. The van der Waals surface area contributed by atoms with E-state index in [1.165, 1.54) is 5.56 Å². The molecule has 0 bridgehead atoms. The molecule has 1 heterocycles. The van der Waals surface area contributed by atoms with E-state index in [1.54, 1.807) is 6.20 Å². The van der Waals surface area contributed by atoms with Gasteiger partial charge in [-0.15, -0.1) is 0 Å². The standard InChI is InChI=1S/C14H12BrN3/c1-9-3-4-13(12(15)7-9)18-14-11(8-16)10(2)5-6-17-14/h3-7H,1-2H3,(H,17,18). The van der Waals surface area contributed by atoms with Crippen LogP contribution in [0, 0.1) is 25.2 Å². The summed E-state index contributed by atoms with van der Waals surface area (Å²) in [5, 5.41) is 12.3. The summed E-state index contributed by atoms with van der Waals surface area (Å²) in [6.45, 7) is 3.93. The molecule has 0 saturated heterocycles. The average Bonchev–Trinajstić information content (AvgIpc) is 2.33. The Balaban J connectivity index is 2.41. The number of hydrogen-bond acceptors (Lipinski definition) is 3. The first kappa shape index (κ1) is 12.6. The third-order valence-electron chi connectivity index (χ3n) is 2.65. The maximum absolute atomic E-state index is 9.15. The van der Waals surface area contributed by atoms with Gasteiger partial charge in [-0.05, 0) is 59.1 Å². The van der Waals surface area contributed by atoms with Gasteiger partial charge in [0.25, 0.3) is 0 Å². The Bertz CT molecular complexity index is 629. The van der Waals surface area contributed by atoms with Crippen molar-refractivity contribution in [1.82, 2.24) is 4.98 Å². The number of nitrogens with zero attached hydrogens (tertiary/aromatic N) is 2. The Labute approximate surface area is 115 Å². The highest BCUT2D eigenvalue weighted by Crippen LogP contribution is 2.27. The van der Waals surface area contributed by atoms with Crippen LogP contribution in [0.4, 0.5) is 11.5 Å². The fourth-order valence-corrected chi connectivity index (χ4v) is 2.24. The summed E-state index contributed by atoms with van der Waals surface area (Å²) in [5.41, 5.74) is 3.56. The van der Waals surface area contributed by atoms with Gasteiger partial charge in [0.05, 0.1) is 11.3 Å². The molecule has 2 aromatic rings. The number of anilines is 2. The van der Waals surface area contributed by atoms with Gasteiger partial charge in [0.1, 0.15) is 11.9 Å². The molecule has 0 radical (unpaired) electrons. The zero-order valence-electron chi connectivity index (χ0n) is 10.2. The van der Waals surface area contributed by atoms with Crippen molar-refractivity contribution < 1.29 is 0 Å². The summed E-state index contributed by atoms with van der Waals surface area (Å²) >= 11 is 3.50. The molecule has 0 spiro atoms. The van der Waals surface area contributed by atoms with Gasteiger partial charge in [0.2, 0.25) is 0 Å². The Morgan fingerprint density at radius 2 is 2.06 bits per heavy atom. The predicted octanol–water partition coefficient (Wildman–Crippen LogP) is 4.08. The van der Waals surface area contributed by atoms with Crippen LogP contribution in [0.3, 0.4) is 0 Å². The second kappa shape index (κ2) is 5.19. The number of benzene rings is 1. The Kier molecular flexibility index (Phi) is 3.63. The molecule has 0 saturated carbocycles. The van der Waals surface area contributed by atoms with Crippen molar-refractivity contribution in [3.8, 4) is 6.07 Å². The van der Waals surface area contributed by atoms with Crippen molar-refractivity contribution in [2.75, 3.05) is 5.32 Å². The van der Waals surface area contributed by atoms with Crippen LogP contribution in [0.15, 0.2) is 34.9 Å². The lowest BCUT2D eigenvalue weighted by Gasteiger charge is -2.10. The molecular formula is C14H12BrN3. The lowest BCUT2D eigenvalue weighted by molar-refractivity contribution is 1.24. The van der Waals surface area contributed by atoms with E-state index in [0.717, 1.165) is 15.7 Å². The van der Waals surface area contributed by atoms with Crippen molar-refractivity contribution in [2.24, 2.45) is 0 Å². The fraction of sp³-hybridized carbons (Fsp3) is 0.143. The molecule has 4 heteroatoms. The molecule has 0 aliphatic heterocycles. The number of nitriles is 1. The summed E-state index contributed by atoms with van der Waals surface area (Å²) in [5.74, 6) is 0.585. The van der Waals surface area contributed by atoms with Crippen molar-refractivity contribution in [1.29, 1.82) is 5.26 Å². The largest absolute Gasteiger partial charge is 0.338 e. The quantitative estimate of drug-likeness (QED) is 0.909. The first-order chi connectivity index (χ1) is 8.61. The summed E-state index contributed by atoms with van der Waals surface area (Å²) in [4.78, 5) is 4.21. The number of pyridine rings is 1. The predicted molar refractivity (Wildman–Crippen MR) is 75.9 cm³/mol. The minimum Gasteiger partial charge on any atom is -0.338 e. The van der Waals surface area contributed by atoms with Gasteiger partial charge in [-0.2, -0.15) is 5.26 Å². The molecule has 1 aromatic heterocycles. The van der Waals surface area contributed by atoms with Crippen LogP contribution in [0.5, 0.6) is 0 Å². The lowest BCUT2D eigenvalue weighted by Crippen LogP contribution is -1.99. The average molecular weight is 302 g/mol. The van der Waals surface area contributed by atoms with E-state index in [1.807, 2.05) is 38.1 Å². The topological polar surface area (TPSA) is 48.7 Å². The Hall–Kier alpha value is -1.86. The van der Waals surface area contributed by atoms with Gasteiger partial charge in [-0.3, -0.25) is 0 Å². The van der Waals surface area contributed by atoms with E-state index >= 15 is 0 Å². The summed E-state index contributed by atoms with van der Waals surface area (Å²) in [6.07, 6.45) is 1.70. The van der Waals surface area contributed by atoms with E-state index in [9.17, 15) is 0 Å². The second-order valence-electron chi connectivity index (χ2n) is 4.07. The molecule has 0 aliphatic carbocycles. The van der Waals surface area contributed by atoms with Crippen molar-refractivity contribution in [2.45, 2.75) is 13.8 Å². The SMILES string of the molecule is Cc1ccc(Nc2nccc(C)c2C#N)c(Br)c1. The van der Waals surface area contributed by atoms with Crippen LogP contribution in [-0.2, 0) is 0 Å². The summed E-state index contributed by atoms with van der Waals surface area (Å²) < 4.78 is 0.953. The molecule has 0 unspecified atom stereocenters. The highest BCUT2D eigenvalue weighted by molar-refractivity contribution is 9.10.